The molecule has 0 amide bonds. The van der Waals surface area contributed by atoms with Gasteiger partial charge in [-0.05, 0) is 32.4 Å². The highest BCUT2D eigenvalue weighted by molar-refractivity contribution is 14.0. The smallest absolute Gasteiger partial charge is 0.191 e. The van der Waals surface area contributed by atoms with Gasteiger partial charge in [-0.25, -0.2) is 0 Å². The van der Waals surface area contributed by atoms with Gasteiger partial charge in [0.15, 0.2) is 5.96 Å². The van der Waals surface area contributed by atoms with Crippen LogP contribution in [0.4, 0.5) is 0 Å². The summed E-state index contributed by atoms with van der Waals surface area (Å²) in [5.74, 6) is 2.15. The molecule has 2 N–H and O–H groups in total. The molecule has 2 heterocycles. The highest BCUT2D eigenvalue weighted by Crippen LogP contribution is 2.25. The molecule has 0 bridgehead atoms. The molecule has 6 nitrogen and oxygen atoms in total. The number of methoxy groups -OCH3 is 1. The third kappa shape index (κ3) is 6.11. The number of nitrogens with one attached hydrogen (secondary N) is 2. The van der Waals surface area contributed by atoms with Crippen molar-refractivity contribution in [2.75, 3.05) is 33.1 Å². The summed E-state index contributed by atoms with van der Waals surface area (Å²) < 4.78 is 7.15. The minimum atomic E-state index is 0. The lowest BCUT2D eigenvalue weighted by Gasteiger charge is -2.15. The summed E-state index contributed by atoms with van der Waals surface area (Å²) >= 11 is 2.05. The highest BCUT2D eigenvalue weighted by Gasteiger charge is 2.16. The number of ether oxygens (including phenoxy) is 1. The predicted molar refractivity (Wildman–Crippen MR) is 113 cm³/mol. The van der Waals surface area contributed by atoms with Crippen LogP contribution >= 0.6 is 35.7 Å². The molecule has 2 rings (SSSR count). The van der Waals surface area contributed by atoms with Crippen LogP contribution in [0.25, 0.3) is 0 Å². The molecule has 8 heteroatoms. The molecule has 1 aliphatic rings. The normalized spacial score (nSPS) is 17.7. The van der Waals surface area contributed by atoms with Crippen molar-refractivity contribution in [2.45, 2.75) is 45.0 Å². The maximum atomic E-state index is 5.14. The van der Waals surface area contributed by atoms with E-state index in [1.54, 1.807) is 7.11 Å². The Kier molecular flexibility index (Phi) is 10.1. The average Bonchev–Trinajstić information content (AvgIpc) is 3.15. The lowest BCUT2D eigenvalue weighted by atomic mass is 10.2. The summed E-state index contributed by atoms with van der Waals surface area (Å²) in [5.41, 5.74) is 3.49. The van der Waals surface area contributed by atoms with Gasteiger partial charge in [0, 0.05) is 43.8 Å². The summed E-state index contributed by atoms with van der Waals surface area (Å²) in [6, 6.07) is 0. The van der Waals surface area contributed by atoms with Crippen molar-refractivity contribution in [3.63, 3.8) is 0 Å². The second kappa shape index (κ2) is 11.2. The van der Waals surface area contributed by atoms with Crippen LogP contribution in [0.3, 0.4) is 0 Å². The van der Waals surface area contributed by atoms with E-state index in [1.807, 2.05) is 11.7 Å². The molecule has 1 aliphatic heterocycles. The Balaban J connectivity index is 0.00000288. The first-order chi connectivity index (χ1) is 11.2. The summed E-state index contributed by atoms with van der Waals surface area (Å²) in [6.45, 7) is 7.35. The molecule has 1 unspecified atom stereocenters. The van der Waals surface area contributed by atoms with E-state index in [2.05, 4.69) is 46.3 Å². The Labute approximate surface area is 166 Å². The lowest BCUT2D eigenvalue weighted by Crippen LogP contribution is -2.39. The van der Waals surface area contributed by atoms with E-state index in [9.17, 15) is 0 Å². The fraction of sp³-hybridized carbons (Fsp3) is 0.750. The molecule has 0 saturated carbocycles. The SMILES string of the molecule is CN=C(NCc1c(C)nn(CCOC)c1C)NCC1CCCS1.I. The maximum Gasteiger partial charge on any atom is 0.191 e. The molecule has 1 atom stereocenters. The molecule has 138 valence electrons. The van der Waals surface area contributed by atoms with Gasteiger partial charge in [0.05, 0.1) is 18.8 Å². The summed E-state index contributed by atoms with van der Waals surface area (Å²) in [6.07, 6.45) is 2.64. The first-order valence-corrected chi connectivity index (χ1v) is 9.28. The number of thioether (sulfide) groups is 1. The van der Waals surface area contributed by atoms with E-state index in [4.69, 9.17) is 4.74 Å². The standard InChI is InChI=1S/C16H29N5OS.HI/c1-12-15(13(2)21(20-12)7-8-22-4)11-19-16(17-3)18-10-14-6-5-9-23-14;/h14H,5-11H2,1-4H3,(H2,17,18,19);1H. The molecule has 1 aromatic heterocycles. The van der Waals surface area contributed by atoms with Gasteiger partial charge >= 0.3 is 0 Å². The van der Waals surface area contributed by atoms with Crippen LogP contribution in [0.2, 0.25) is 0 Å². The van der Waals surface area contributed by atoms with Gasteiger partial charge in [-0.15, -0.1) is 24.0 Å². The van der Waals surface area contributed by atoms with Crippen molar-refractivity contribution in [1.82, 2.24) is 20.4 Å². The van der Waals surface area contributed by atoms with E-state index < -0.39 is 0 Å². The number of nitrogens with zero attached hydrogens (tertiary/aromatic N) is 3. The van der Waals surface area contributed by atoms with Gasteiger partial charge in [0.1, 0.15) is 0 Å². The Morgan fingerprint density at radius 2 is 2.21 bits per heavy atom. The number of aliphatic imine (C=N–C) groups is 1. The molecule has 1 aromatic rings. The second-order valence-electron chi connectivity index (χ2n) is 5.81. The highest BCUT2D eigenvalue weighted by atomic mass is 127. The fourth-order valence-electron chi connectivity index (χ4n) is 2.79. The molecule has 24 heavy (non-hydrogen) atoms. The number of halogens is 1. The van der Waals surface area contributed by atoms with Crippen LogP contribution in [-0.4, -0.2) is 54.1 Å². The zero-order chi connectivity index (χ0) is 16.7. The average molecular weight is 467 g/mol. The van der Waals surface area contributed by atoms with E-state index in [0.29, 0.717) is 11.9 Å². The zero-order valence-corrected chi connectivity index (χ0v) is 18.2. The van der Waals surface area contributed by atoms with Crippen molar-refractivity contribution in [3.05, 3.63) is 17.0 Å². The van der Waals surface area contributed by atoms with Crippen molar-refractivity contribution >= 4 is 41.7 Å². The molecule has 0 aliphatic carbocycles. The van der Waals surface area contributed by atoms with Gasteiger partial charge in [0.25, 0.3) is 0 Å². The van der Waals surface area contributed by atoms with Gasteiger partial charge in [-0.1, -0.05) is 0 Å². The Bertz CT molecular complexity index is 529. The van der Waals surface area contributed by atoms with E-state index in [1.165, 1.54) is 29.9 Å². The molecule has 0 aromatic carbocycles. The first-order valence-electron chi connectivity index (χ1n) is 8.23. The minimum Gasteiger partial charge on any atom is -0.383 e. The molecular formula is C16H30IN5OS. The monoisotopic (exact) mass is 467 g/mol. The largest absolute Gasteiger partial charge is 0.383 e. The van der Waals surface area contributed by atoms with Crippen molar-refractivity contribution in [2.24, 2.45) is 4.99 Å². The number of aryl methyl sites for hydroxylation is 1. The number of rotatable bonds is 7. The summed E-state index contributed by atoms with van der Waals surface area (Å²) in [4.78, 5) is 4.32. The summed E-state index contributed by atoms with van der Waals surface area (Å²) in [5, 5.41) is 12.1. The van der Waals surface area contributed by atoms with E-state index >= 15 is 0 Å². The van der Waals surface area contributed by atoms with Crippen LogP contribution in [-0.2, 0) is 17.8 Å². The molecular weight excluding hydrogens is 437 g/mol. The van der Waals surface area contributed by atoms with Crippen LogP contribution in [0.15, 0.2) is 4.99 Å². The Morgan fingerprint density at radius 3 is 2.83 bits per heavy atom. The maximum absolute atomic E-state index is 5.14. The zero-order valence-electron chi connectivity index (χ0n) is 15.1. The van der Waals surface area contributed by atoms with Crippen LogP contribution in [0.5, 0.6) is 0 Å². The van der Waals surface area contributed by atoms with Gasteiger partial charge in [0.2, 0.25) is 0 Å². The van der Waals surface area contributed by atoms with Gasteiger partial charge < -0.3 is 15.4 Å². The molecule has 1 saturated heterocycles. The quantitative estimate of drug-likeness (QED) is 0.366. The van der Waals surface area contributed by atoms with E-state index in [-0.39, 0.29) is 24.0 Å². The fourth-order valence-corrected chi connectivity index (χ4v) is 4.00. The molecule has 1 fully saturated rings. The third-order valence-corrected chi connectivity index (χ3v) is 5.61. The third-order valence-electron chi connectivity index (χ3n) is 4.22. The topological polar surface area (TPSA) is 63.5 Å². The van der Waals surface area contributed by atoms with Crippen molar-refractivity contribution in [3.8, 4) is 0 Å². The minimum absolute atomic E-state index is 0. The second-order valence-corrected chi connectivity index (χ2v) is 7.22. The summed E-state index contributed by atoms with van der Waals surface area (Å²) in [7, 11) is 3.53. The number of hydrogen-bond acceptors (Lipinski definition) is 4. The Morgan fingerprint density at radius 1 is 1.42 bits per heavy atom. The molecule has 0 spiro atoms. The number of hydrogen-bond donors (Lipinski definition) is 2. The van der Waals surface area contributed by atoms with Crippen molar-refractivity contribution < 1.29 is 4.74 Å². The van der Waals surface area contributed by atoms with Crippen LogP contribution < -0.4 is 10.6 Å². The van der Waals surface area contributed by atoms with Crippen LogP contribution in [0.1, 0.15) is 29.8 Å². The Hall–Kier alpha value is -0.480. The predicted octanol–water partition coefficient (Wildman–Crippen LogP) is 2.32. The van der Waals surface area contributed by atoms with E-state index in [0.717, 1.165) is 31.3 Å². The van der Waals surface area contributed by atoms with Gasteiger partial charge in [-0.2, -0.15) is 16.9 Å². The van der Waals surface area contributed by atoms with Crippen molar-refractivity contribution in [1.29, 1.82) is 0 Å². The van der Waals surface area contributed by atoms with Crippen LogP contribution in [0, 0.1) is 13.8 Å². The lowest BCUT2D eigenvalue weighted by molar-refractivity contribution is 0.182. The first kappa shape index (κ1) is 21.6. The van der Waals surface area contributed by atoms with Gasteiger partial charge in [-0.3, -0.25) is 9.67 Å². The molecule has 0 radical (unpaired) electrons. The number of guanidine groups is 1. The number of aromatic nitrogens is 2.